The fourth-order valence-electron chi connectivity index (χ4n) is 3.37. The Morgan fingerprint density at radius 1 is 1.12 bits per heavy atom. The van der Waals surface area contributed by atoms with Crippen molar-refractivity contribution in [3.63, 3.8) is 0 Å². The molecule has 136 valence electrons. The van der Waals surface area contributed by atoms with Crippen LogP contribution < -0.4 is 10.6 Å². The van der Waals surface area contributed by atoms with Crippen molar-refractivity contribution in [3.05, 3.63) is 65.7 Å². The molecule has 3 rings (SSSR count). The lowest BCUT2D eigenvalue weighted by Gasteiger charge is -2.23. The van der Waals surface area contributed by atoms with Crippen LogP contribution in [0.4, 0.5) is 5.69 Å². The lowest BCUT2D eigenvalue weighted by atomic mass is 10.1. The number of likely N-dealkylation sites (tertiary alicyclic amines) is 1. The summed E-state index contributed by atoms with van der Waals surface area (Å²) in [6, 6.07) is 17.4. The smallest absolute Gasteiger partial charge is 0.243 e. The molecule has 0 aromatic heterocycles. The monoisotopic (exact) mass is 351 g/mol. The van der Waals surface area contributed by atoms with Crippen molar-refractivity contribution in [2.45, 2.75) is 32.4 Å². The number of rotatable bonds is 6. The number of nitrogens with zero attached hydrogens (tertiary/aromatic N) is 1. The number of para-hydroxylation sites is 1. The topological polar surface area (TPSA) is 61.4 Å². The number of anilines is 1. The summed E-state index contributed by atoms with van der Waals surface area (Å²) in [7, 11) is 0. The maximum Gasteiger partial charge on any atom is 0.243 e. The van der Waals surface area contributed by atoms with Gasteiger partial charge in [-0.05, 0) is 44.0 Å². The molecule has 2 N–H and O–H groups in total. The van der Waals surface area contributed by atoms with E-state index in [0.29, 0.717) is 0 Å². The van der Waals surface area contributed by atoms with Crippen molar-refractivity contribution in [2.24, 2.45) is 0 Å². The van der Waals surface area contributed by atoms with Crippen LogP contribution in [0.1, 0.15) is 24.0 Å². The summed E-state index contributed by atoms with van der Waals surface area (Å²) in [5.41, 5.74) is 3.17. The van der Waals surface area contributed by atoms with Crippen LogP contribution in [0.3, 0.4) is 0 Å². The second-order valence-electron chi connectivity index (χ2n) is 6.75. The van der Waals surface area contributed by atoms with Crippen molar-refractivity contribution in [2.75, 3.05) is 18.4 Å². The second kappa shape index (κ2) is 8.63. The van der Waals surface area contributed by atoms with Crippen molar-refractivity contribution < 1.29 is 9.59 Å². The molecule has 5 heteroatoms. The van der Waals surface area contributed by atoms with E-state index >= 15 is 0 Å². The van der Waals surface area contributed by atoms with Gasteiger partial charge in [0.25, 0.3) is 0 Å². The number of hydrogen-bond donors (Lipinski definition) is 2. The van der Waals surface area contributed by atoms with E-state index in [1.807, 2.05) is 36.4 Å². The van der Waals surface area contributed by atoms with Crippen molar-refractivity contribution in [1.29, 1.82) is 0 Å². The molecule has 1 aliphatic rings. The highest BCUT2D eigenvalue weighted by molar-refractivity contribution is 5.95. The normalized spacial score (nSPS) is 17.0. The molecule has 1 fully saturated rings. The molecule has 1 unspecified atom stereocenters. The number of aryl methyl sites for hydroxylation is 1. The predicted octanol–water partition coefficient (Wildman–Crippen LogP) is 2.71. The molecule has 0 bridgehead atoms. The van der Waals surface area contributed by atoms with Crippen LogP contribution in [0, 0.1) is 6.92 Å². The first kappa shape index (κ1) is 18.1. The second-order valence-corrected chi connectivity index (χ2v) is 6.75. The maximum absolute atomic E-state index is 12.5. The lowest BCUT2D eigenvalue weighted by Crippen LogP contribution is -2.45. The molecular weight excluding hydrogens is 326 g/mol. The molecule has 0 aliphatic carbocycles. The van der Waals surface area contributed by atoms with Gasteiger partial charge in [-0.25, -0.2) is 0 Å². The first-order chi connectivity index (χ1) is 12.6. The van der Waals surface area contributed by atoms with Crippen molar-refractivity contribution >= 4 is 17.5 Å². The summed E-state index contributed by atoms with van der Waals surface area (Å²) in [4.78, 5) is 26.7. The third-order valence-electron chi connectivity index (χ3n) is 4.62. The summed E-state index contributed by atoms with van der Waals surface area (Å²) >= 11 is 0. The zero-order chi connectivity index (χ0) is 18.4. The van der Waals surface area contributed by atoms with Crippen LogP contribution in [0.2, 0.25) is 0 Å². The molecule has 1 aliphatic heterocycles. The first-order valence-electron chi connectivity index (χ1n) is 9.04. The van der Waals surface area contributed by atoms with Gasteiger partial charge in [-0.3, -0.25) is 14.5 Å². The van der Waals surface area contributed by atoms with Gasteiger partial charge in [-0.2, -0.15) is 0 Å². The minimum atomic E-state index is -0.215. The van der Waals surface area contributed by atoms with Crippen LogP contribution in [0.5, 0.6) is 0 Å². The van der Waals surface area contributed by atoms with E-state index in [9.17, 15) is 9.59 Å². The minimum absolute atomic E-state index is 0.0114. The summed E-state index contributed by atoms with van der Waals surface area (Å²) in [5.74, 6) is -0.286. The van der Waals surface area contributed by atoms with Gasteiger partial charge < -0.3 is 10.6 Å². The molecular formula is C21H25N3O2. The fourth-order valence-corrected chi connectivity index (χ4v) is 3.37. The third kappa shape index (κ3) is 4.92. The third-order valence-corrected chi connectivity index (χ3v) is 4.62. The molecule has 1 atom stereocenters. The van der Waals surface area contributed by atoms with Gasteiger partial charge in [0.15, 0.2) is 0 Å². The van der Waals surface area contributed by atoms with Crippen LogP contribution in [-0.2, 0) is 16.1 Å². The summed E-state index contributed by atoms with van der Waals surface area (Å²) in [6.45, 7) is 3.73. The number of benzene rings is 2. The Morgan fingerprint density at radius 3 is 2.69 bits per heavy atom. The van der Waals surface area contributed by atoms with Crippen LogP contribution in [-0.4, -0.2) is 35.8 Å². The van der Waals surface area contributed by atoms with Gasteiger partial charge in [0.05, 0.1) is 12.6 Å². The Bertz CT molecular complexity index is 761. The van der Waals surface area contributed by atoms with Crippen molar-refractivity contribution in [3.8, 4) is 0 Å². The molecule has 2 aromatic carbocycles. The molecule has 1 heterocycles. The van der Waals surface area contributed by atoms with Crippen LogP contribution >= 0.6 is 0 Å². The number of hydrogen-bond acceptors (Lipinski definition) is 3. The quantitative estimate of drug-likeness (QED) is 0.841. The van der Waals surface area contributed by atoms with E-state index in [-0.39, 0.29) is 24.4 Å². The maximum atomic E-state index is 12.5. The zero-order valence-electron chi connectivity index (χ0n) is 15.1. The number of amides is 2. The highest BCUT2D eigenvalue weighted by Gasteiger charge is 2.30. The molecule has 2 aromatic rings. The largest absolute Gasteiger partial charge is 0.346 e. The average Bonchev–Trinajstić information content (AvgIpc) is 3.09. The first-order valence-corrected chi connectivity index (χ1v) is 9.04. The minimum Gasteiger partial charge on any atom is -0.346 e. The fraction of sp³-hybridized carbons (Fsp3) is 0.333. The number of nitrogens with one attached hydrogen (secondary N) is 2. The highest BCUT2D eigenvalue weighted by atomic mass is 16.2. The molecule has 0 spiro atoms. The molecule has 5 nitrogen and oxygen atoms in total. The lowest BCUT2D eigenvalue weighted by molar-refractivity contribution is -0.127. The van der Waals surface area contributed by atoms with E-state index in [0.717, 1.165) is 31.6 Å². The van der Waals surface area contributed by atoms with E-state index < -0.39 is 0 Å². The van der Waals surface area contributed by atoms with E-state index in [1.54, 1.807) is 0 Å². The van der Waals surface area contributed by atoms with Gasteiger partial charge in [-0.15, -0.1) is 0 Å². The standard InChI is InChI=1S/C21H25N3O2/c1-16-7-5-8-17(13-16)15-24-12-6-11-19(24)21(26)22-14-20(25)23-18-9-3-2-4-10-18/h2-5,7-10,13,19H,6,11-12,14-15H2,1H3,(H,22,26)(H,23,25). The summed E-state index contributed by atoms with van der Waals surface area (Å²) < 4.78 is 0. The Morgan fingerprint density at radius 2 is 1.92 bits per heavy atom. The molecule has 0 saturated carbocycles. The van der Waals surface area contributed by atoms with E-state index in [4.69, 9.17) is 0 Å². The van der Waals surface area contributed by atoms with Gasteiger partial charge >= 0.3 is 0 Å². The summed E-state index contributed by atoms with van der Waals surface area (Å²) in [5, 5.41) is 5.56. The van der Waals surface area contributed by atoms with Gasteiger partial charge in [-0.1, -0.05) is 48.0 Å². The average molecular weight is 351 g/mol. The Balaban J connectivity index is 1.51. The van der Waals surface area contributed by atoms with Gasteiger partial charge in [0.2, 0.25) is 11.8 Å². The highest BCUT2D eigenvalue weighted by Crippen LogP contribution is 2.20. The number of carbonyl (C=O) groups excluding carboxylic acids is 2. The number of carbonyl (C=O) groups is 2. The molecule has 0 radical (unpaired) electrons. The SMILES string of the molecule is Cc1cccc(CN2CCCC2C(=O)NCC(=O)Nc2ccccc2)c1. The Labute approximate surface area is 154 Å². The van der Waals surface area contributed by atoms with Gasteiger partial charge in [0, 0.05) is 12.2 Å². The Hall–Kier alpha value is -2.66. The van der Waals surface area contributed by atoms with Crippen LogP contribution in [0.15, 0.2) is 54.6 Å². The van der Waals surface area contributed by atoms with Crippen molar-refractivity contribution in [1.82, 2.24) is 10.2 Å². The summed E-state index contributed by atoms with van der Waals surface area (Å²) in [6.07, 6.45) is 1.83. The van der Waals surface area contributed by atoms with Gasteiger partial charge in [0.1, 0.15) is 0 Å². The van der Waals surface area contributed by atoms with Crippen LogP contribution in [0.25, 0.3) is 0 Å². The zero-order valence-corrected chi connectivity index (χ0v) is 15.1. The predicted molar refractivity (Wildman–Crippen MR) is 103 cm³/mol. The molecule has 1 saturated heterocycles. The Kier molecular flexibility index (Phi) is 6.02. The molecule has 2 amide bonds. The van der Waals surface area contributed by atoms with E-state index in [1.165, 1.54) is 11.1 Å². The van der Waals surface area contributed by atoms with E-state index in [2.05, 4.69) is 40.7 Å². The molecule has 26 heavy (non-hydrogen) atoms.